The maximum Gasteiger partial charge on any atom is 0.206 e. The average molecular weight is 462 g/mol. The van der Waals surface area contributed by atoms with E-state index in [-0.39, 0.29) is 0 Å². The van der Waals surface area contributed by atoms with Gasteiger partial charge in [0.15, 0.2) is 0 Å². The Balaban J connectivity index is 1.98. The first-order valence-corrected chi connectivity index (χ1v) is 11.3. The molecule has 0 aliphatic carbocycles. The van der Waals surface area contributed by atoms with Gasteiger partial charge in [0, 0.05) is 27.4 Å². The topological polar surface area (TPSA) is 38.9 Å². The highest BCUT2D eigenvalue weighted by atomic mass is 79.9. The maximum atomic E-state index is 5.12. The predicted octanol–water partition coefficient (Wildman–Crippen LogP) is 5.13. The van der Waals surface area contributed by atoms with Crippen molar-refractivity contribution in [3.63, 3.8) is 0 Å². The van der Waals surface area contributed by atoms with E-state index in [9.17, 15) is 0 Å². The van der Waals surface area contributed by atoms with Crippen LogP contribution in [0.3, 0.4) is 0 Å². The Hall–Kier alpha value is -1.67. The molecule has 7 heteroatoms. The van der Waals surface area contributed by atoms with Crippen molar-refractivity contribution in [2.45, 2.75) is 4.90 Å². The zero-order valence-corrected chi connectivity index (χ0v) is 18.4. The number of thioether (sulfide) groups is 1. The van der Waals surface area contributed by atoms with Crippen LogP contribution in [-0.2, 0) is 4.74 Å². The summed E-state index contributed by atoms with van der Waals surface area (Å²) in [6, 6.07) is 16.6. The Morgan fingerprint density at radius 1 is 1.15 bits per heavy atom. The summed E-state index contributed by atoms with van der Waals surface area (Å²) in [6.45, 7) is 1.19. The number of benzene rings is 2. The molecule has 0 saturated carbocycles. The third-order valence-electron chi connectivity index (χ3n) is 3.81. The van der Waals surface area contributed by atoms with Crippen LogP contribution in [0.1, 0.15) is 5.56 Å². The number of thiazole rings is 1. The van der Waals surface area contributed by atoms with Gasteiger partial charge in [-0.25, -0.2) is 4.68 Å². The van der Waals surface area contributed by atoms with Crippen molar-refractivity contribution in [3.05, 3.63) is 68.7 Å². The van der Waals surface area contributed by atoms with Crippen LogP contribution in [0.2, 0.25) is 0 Å². The first-order chi connectivity index (χ1) is 13.2. The van der Waals surface area contributed by atoms with E-state index in [1.54, 1.807) is 30.2 Å². The van der Waals surface area contributed by atoms with E-state index in [1.807, 2.05) is 23.0 Å². The lowest BCUT2D eigenvalue weighted by Crippen LogP contribution is -2.13. The normalized spacial score (nSPS) is 12.2. The van der Waals surface area contributed by atoms with Gasteiger partial charge in [0.05, 0.1) is 25.1 Å². The summed E-state index contributed by atoms with van der Waals surface area (Å²) >= 11 is 6.80. The smallest absolute Gasteiger partial charge is 0.206 e. The molecular formula is C20H20BrN3OS2. The lowest BCUT2D eigenvalue weighted by molar-refractivity contribution is 0.207. The molecule has 0 N–H and O–H groups in total. The first-order valence-electron chi connectivity index (χ1n) is 8.35. The summed E-state index contributed by atoms with van der Waals surface area (Å²) in [4.78, 5) is 6.72. The maximum absolute atomic E-state index is 5.12. The van der Waals surface area contributed by atoms with Crippen molar-refractivity contribution in [1.29, 1.82) is 0 Å². The van der Waals surface area contributed by atoms with Crippen LogP contribution in [0.4, 0.5) is 0 Å². The molecule has 0 atom stereocenters. The average Bonchev–Trinajstić information content (AvgIpc) is 3.10. The highest BCUT2D eigenvalue weighted by Crippen LogP contribution is 2.22. The molecule has 0 aliphatic heterocycles. The minimum Gasteiger partial charge on any atom is -0.383 e. The number of rotatable bonds is 7. The van der Waals surface area contributed by atoms with Gasteiger partial charge in [-0.2, -0.15) is 5.10 Å². The number of halogens is 1. The first kappa shape index (κ1) is 20.1. The molecule has 1 heterocycles. The zero-order chi connectivity index (χ0) is 19.1. The van der Waals surface area contributed by atoms with Gasteiger partial charge in [-0.1, -0.05) is 40.2 Å². The fourth-order valence-electron chi connectivity index (χ4n) is 2.39. The summed E-state index contributed by atoms with van der Waals surface area (Å²) in [5.41, 5.74) is 3.16. The van der Waals surface area contributed by atoms with Crippen molar-refractivity contribution in [2.24, 2.45) is 10.1 Å². The van der Waals surface area contributed by atoms with Gasteiger partial charge >= 0.3 is 0 Å². The van der Waals surface area contributed by atoms with Crippen LogP contribution in [0, 0.1) is 0 Å². The van der Waals surface area contributed by atoms with Crippen LogP contribution >= 0.6 is 39.0 Å². The Kier molecular flexibility index (Phi) is 7.46. The van der Waals surface area contributed by atoms with Crippen molar-refractivity contribution < 1.29 is 4.74 Å². The molecule has 0 fully saturated rings. The van der Waals surface area contributed by atoms with Gasteiger partial charge in [0.25, 0.3) is 0 Å². The molecule has 0 bridgehead atoms. The van der Waals surface area contributed by atoms with E-state index < -0.39 is 0 Å². The van der Waals surface area contributed by atoms with Crippen molar-refractivity contribution in [1.82, 2.24) is 4.68 Å². The number of ether oxygens (including phenoxy) is 1. The summed E-state index contributed by atoms with van der Waals surface area (Å²) in [5.74, 6) is 0. The van der Waals surface area contributed by atoms with Gasteiger partial charge in [0.1, 0.15) is 0 Å². The second kappa shape index (κ2) is 10.0. The van der Waals surface area contributed by atoms with Gasteiger partial charge in [-0.05, 0) is 36.1 Å². The summed E-state index contributed by atoms with van der Waals surface area (Å²) in [5, 5.41) is 6.80. The highest BCUT2D eigenvalue weighted by Gasteiger charge is 2.07. The summed E-state index contributed by atoms with van der Waals surface area (Å²) in [6.07, 6.45) is 3.94. The van der Waals surface area contributed by atoms with E-state index >= 15 is 0 Å². The molecule has 3 aromatic rings. The van der Waals surface area contributed by atoms with Gasteiger partial charge < -0.3 is 4.74 Å². The summed E-state index contributed by atoms with van der Waals surface area (Å²) < 4.78 is 8.06. The lowest BCUT2D eigenvalue weighted by atomic mass is 10.2. The van der Waals surface area contributed by atoms with E-state index in [1.165, 1.54) is 4.90 Å². The number of hydrogen-bond acceptors (Lipinski definition) is 5. The predicted molar refractivity (Wildman–Crippen MR) is 119 cm³/mol. The largest absolute Gasteiger partial charge is 0.383 e. The molecule has 0 spiro atoms. The molecular weight excluding hydrogens is 442 g/mol. The van der Waals surface area contributed by atoms with Crippen LogP contribution in [0.15, 0.2) is 73.4 Å². The van der Waals surface area contributed by atoms with E-state index in [2.05, 4.69) is 69.0 Å². The Labute approximate surface area is 175 Å². The van der Waals surface area contributed by atoms with Crippen molar-refractivity contribution in [2.75, 3.05) is 26.5 Å². The molecule has 0 radical (unpaired) electrons. The Bertz CT molecular complexity index is 960. The highest BCUT2D eigenvalue weighted by molar-refractivity contribution is 9.10. The van der Waals surface area contributed by atoms with Crippen LogP contribution in [0.25, 0.3) is 11.3 Å². The van der Waals surface area contributed by atoms with E-state index in [4.69, 9.17) is 9.84 Å². The summed E-state index contributed by atoms with van der Waals surface area (Å²) in [7, 11) is 1.68. The minimum atomic E-state index is 0.589. The Morgan fingerprint density at radius 3 is 2.56 bits per heavy atom. The molecule has 0 amide bonds. The molecule has 0 unspecified atom stereocenters. The van der Waals surface area contributed by atoms with Crippen LogP contribution in [-0.4, -0.2) is 37.4 Å². The van der Waals surface area contributed by atoms with Crippen LogP contribution < -0.4 is 4.80 Å². The molecule has 4 nitrogen and oxygen atoms in total. The Morgan fingerprint density at radius 2 is 1.89 bits per heavy atom. The van der Waals surface area contributed by atoms with Gasteiger partial charge in [0.2, 0.25) is 4.80 Å². The number of nitrogens with zero attached hydrogens (tertiary/aromatic N) is 3. The fourth-order valence-corrected chi connectivity index (χ4v) is 3.92. The van der Waals surface area contributed by atoms with E-state index in [0.717, 1.165) is 26.1 Å². The van der Waals surface area contributed by atoms with Gasteiger partial charge in [-0.3, -0.25) is 4.99 Å². The number of methoxy groups -OCH3 is 1. The molecule has 140 valence electrons. The van der Waals surface area contributed by atoms with Crippen molar-refractivity contribution in [3.8, 4) is 11.3 Å². The fraction of sp³-hybridized carbons (Fsp3) is 0.200. The molecule has 0 aliphatic rings. The molecule has 27 heavy (non-hydrogen) atoms. The molecule has 1 aromatic heterocycles. The van der Waals surface area contributed by atoms with Crippen molar-refractivity contribution >= 4 is 45.2 Å². The van der Waals surface area contributed by atoms with Crippen LogP contribution in [0.5, 0.6) is 0 Å². The second-order valence-corrected chi connectivity index (χ2v) is 8.25. The second-order valence-electron chi connectivity index (χ2n) is 5.61. The minimum absolute atomic E-state index is 0.589. The monoisotopic (exact) mass is 461 g/mol. The quantitative estimate of drug-likeness (QED) is 0.277. The molecule has 2 aromatic carbocycles. The molecule has 0 saturated heterocycles. The number of aromatic nitrogens is 1. The SMILES string of the molecule is COCCN=c1scc(-c2ccc(Br)cc2)n1/N=C/c1ccc(SC)cc1. The third-order valence-corrected chi connectivity index (χ3v) is 5.93. The number of hydrogen-bond donors (Lipinski definition) is 0. The third kappa shape index (κ3) is 5.42. The van der Waals surface area contributed by atoms with E-state index in [0.29, 0.717) is 13.2 Å². The molecule has 3 rings (SSSR count). The standard InChI is InChI=1S/C20H20BrN3OS2/c1-25-12-11-22-20-24(23-13-15-3-9-18(26-2)10-4-15)19(14-27-20)16-5-7-17(21)8-6-16/h3-10,13-14H,11-12H2,1-2H3/b22-20?,23-13+. The zero-order valence-electron chi connectivity index (χ0n) is 15.1. The van der Waals surface area contributed by atoms with Gasteiger partial charge in [-0.15, -0.1) is 23.1 Å². The lowest BCUT2D eigenvalue weighted by Gasteiger charge is -2.04.